The van der Waals surface area contributed by atoms with Gasteiger partial charge in [0.25, 0.3) is 0 Å². The molecule has 6 nitrogen and oxygen atoms in total. The third-order valence-corrected chi connectivity index (χ3v) is 3.04. The van der Waals surface area contributed by atoms with Gasteiger partial charge in [-0.05, 0) is 12.1 Å². The molecule has 0 saturated heterocycles. The Kier molecular flexibility index (Phi) is 6.52. The van der Waals surface area contributed by atoms with Gasteiger partial charge in [-0.2, -0.15) is 0 Å². The molecule has 2 amide bonds. The van der Waals surface area contributed by atoms with Crippen molar-refractivity contribution in [1.82, 2.24) is 5.32 Å². The Balaban J connectivity index is 2.85. The van der Waals surface area contributed by atoms with E-state index in [4.69, 9.17) is 9.47 Å². The van der Waals surface area contributed by atoms with Crippen molar-refractivity contribution in [2.45, 2.75) is 20.3 Å². The Hall–Kier alpha value is -2.24. The Labute approximate surface area is 125 Å². The fourth-order valence-electron chi connectivity index (χ4n) is 1.89. The average Bonchev–Trinajstić information content (AvgIpc) is 2.50. The van der Waals surface area contributed by atoms with Crippen molar-refractivity contribution in [3.05, 3.63) is 18.2 Å². The first-order valence-corrected chi connectivity index (χ1v) is 6.80. The Bertz CT molecular complexity index is 502. The van der Waals surface area contributed by atoms with Crippen LogP contribution in [0, 0.1) is 0 Å². The van der Waals surface area contributed by atoms with Gasteiger partial charge in [0.1, 0.15) is 0 Å². The van der Waals surface area contributed by atoms with Crippen molar-refractivity contribution < 1.29 is 19.1 Å². The van der Waals surface area contributed by atoms with Gasteiger partial charge in [0, 0.05) is 38.2 Å². The fraction of sp³-hybridized carbons (Fsp3) is 0.467. The maximum absolute atomic E-state index is 11.8. The fourth-order valence-corrected chi connectivity index (χ4v) is 1.89. The summed E-state index contributed by atoms with van der Waals surface area (Å²) in [6.07, 6.45) is 0.427. The van der Waals surface area contributed by atoms with Crippen LogP contribution in [0.3, 0.4) is 0 Å². The number of hydrogen-bond acceptors (Lipinski definition) is 4. The molecule has 1 aromatic carbocycles. The van der Waals surface area contributed by atoms with Crippen molar-refractivity contribution in [2.24, 2.45) is 0 Å². The summed E-state index contributed by atoms with van der Waals surface area (Å²) in [7, 11) is 3.10. The highest BCUT2D eigenvalue weighted by atomic mass is 16.5. The lowest BCUT2D eigenvalue weighted by Crippen LogP contribution is -2.37. The molecule has 1 rings (SSSR count). The topological polar surface area (TPSA) is 67.9 Å². The smallest absolute Gasteiger partial charge is 0.223 e. The van der Waals surface area contributed by atoms with Crippen LogP contribution in [-0.2, 0) is 9.59 Å². The minimum absolute atomic E-state index is 0.0363. The molecule has 1 N–H and O–H groups in total. The van der Waals surface area contributed by atoms with E-state index in [1.165, 1.54) is 6.92 Å². The number of benzene rings is 1. The summed E-state index contributed by atoms with van der Waals surface area (Å²) in [5.74, 6) is 1.02. The molecule has 0 radical (unpaired) electrons. The summed E-state index contributed by atoms with van der Waals surface area (Å²) >= 11 is 0. The second-order valence-corrected chi connectivity index (χ2v) is 4.41. The first-order chi connectivity index (χ1) is 10.0. The molecule has 0 aliphatic carbocycles. The number of ether oxygens (including phenoxy) is 2. The van der Waals surface area contributed by atoms with Gasteiger partial charge >= 0.3 is 0 Å². The van der Waals surface area contributed by atoms with Crippen LogP contribution in [-0.4, -0.2) is 39.1 Å². The summed E-state index contributed by atoms with van der Waals surface area (Å²) in [6.45, 7) is 4.07. The van der Waals surface area contributed by atoms with Crippen molar-refractivity contribution in [3.63, 3.8) is 0 Å². The number of amides is 2. The quantitative estimate of drug-likeness (QED) is 0.829. The number of nitrogens with zero attached hydrogens (tertiary/aromatic N) is 1. The number of methoxy groups -OCH3 is 2. The van der Waals surface area contributed by atoms with Crippen molar-refractivity contribution >= 4 is 17.5 Å². The molecule has 0 aliphatic rings. The van der Waals surface area contributed by atoms with Crippen LogP contribution in [0.15, 0.2) is 18.2 Å². The Morgan fingerprint density at radius 1 is 1.19 bits per heavy atom. The predicted molar refractivity (Wildman–Crippen MR) is 80.9 cm³/mol. The largest absolute Gasteiger partial charge is 0.493 e. The highest BCUT2D eigenvalue weighted by Gasteiger charge is 2.14. The average molecular weight is 294 g/mol. The lowest BCUT2D eigenvalue weighted by Gasteiger charge is -2.22. The predicted octanol–water partition coefficient (Wildman–Crippen LogP) is 1.58. The minimum atomic E-state index is -0.104. The molecule has 0 atom stereocenters. The van der Waals surface area contributed by atoms with E-state index in [-0.39, 0.29) is 11.8 Å². The molecule has 0 bridgehead atoms. The third kappa shape index (κ3) is 4.66. The van der Waals surface area contributed by atoms with E-state index < -0.39 is 0 Å². The number of rotatable bonds is 7. The molecular weight excluding hydrogens is 272 g/mol. The zero-order valence-electron chi connectivity index (χ0n) is 12.9. The van der Waals surface area contributed by atoms with E-state index in [1.54, 1.807) is 44.2 Å². The molecule has 6 heteroatoms. The number of carbonyl (C=O) groups excluding carboxylic acids is 2. The SMILES string of the molecule is CCC(=O)NCCN(C(C)=O)c1ccc(OC)c(OC)c1. The van der Waals surface area contributed by atoms with Crippen LogP contribution in [0.1, 0.15) is 20.3 Å². The van der Waals surface area contributed by atoms with E-state index in [1.807, 2.05) is 0 Å². The van der Waals surface area contributed by atoms with Gasteiger partial charge in [-0.25, -0.2) is 0 Å². The van der Waals surface area contributed by atoms with E-state index in [0.717, 1.165) is 0 Å². The molecule has 0 saturated carbocycles. The Morgan fingerprint density at radius 2 is 1.86 bits per heavy atom. The number of hydrogen-bond donors (Lipinski definition) is 1. The standard InChI is InChI=1S/C15H22N2O4/c1-5-15(19)16-8-9-17(11(2)18)12-6-7-13(20-3)14(10-12)21-4/h6-7,10H,5,8-9H2,1-4H3,(H,16,19). The molecule has 116 valence electrons. The van der Waals surface area contributed by atoms with E-state index in [0.29, 0.717) is 36.7 Å². The zero-order chi connectivity index (χ0) is 15.8. The summed E-state index contributed by atoms with van der Waals surface area (Å²) in [5.41, 5.74) is 0.700. The summed E-state index contributed by atoms with van der Waals surface area (Å²) < 4.78 is 10.4. The molecule has 0 aromatic heterocycles. The highest BCUT2D eigenvalue weighted by molar-refractivity contribution is 5.92. The maximum atomic E-state index is 11.8. The molecule has 0 unspecified atom stereocenters. The van der Waals surface area contributed by atoms with Crippen LogP contribution >= 0.6 is 0 Å². The maximum Gasteiger partial charge on any atom is 0.223 e. The van der Waals surface area contributed by atoms with Gasteiger partial charge in [0.2, 0.25) is 11.8 Å². The normalized spacial score (nSPS) is 9.90. The molecular formula is C15H22N2O4. The molecule has 0 fully saturated rings. The van der Waals surface area contributed by atoms with Crippen LogP contribution in [0.4, 0.5) is 5.69 Å². The van der Waals surface area contributed by atoms with Crippen LogP contribution in [0.5, 0.6) is 11.5 Å². The van der Waals surface area contributed by atoms with Gasteiger partial charge in [0.15, 0.2) is 11.5 Å². The van der Waals surface area contributed by atoms with Crippen molar-refractivity contribution in [2.75, 3.05) is 32.2 Å². The first kappa shape index (κ1) is 16.8. The van der Waals surface area contributed by atoms with Crippen LogP contribution in [0.2, 0.25) is 0 Å². The summed E-state index contributed by atoms with van der Waals surface area (Å²) in [5, 5.41) is 2.75. The van der Waals surface area contributed by atoms with E-state index in [9.17, 15) is 9.59 Å². The first-order valence-electron chi connectivity index (χ1n) is 6.80. The van der Waals surface area contributed by atoms with Crippen LogP contribution < -0.4 is 19.7 Å². The lowest BCUT2D eigenvalue weighted by molar-refractivity contribution is -0.121. The van der Waals surface area contributed by atoms with E-state index >= 15 is 0 Å². The monoisotopic (exact) mass is 294 g/mol. The number of anilines is 1. The molecule has 21 heavy (non-hydrogen) atoms. The Morgan fingerprint density at radius 3 is 2.38 bits per heavy atom. The third-order valence-electron chi connectivity index (χ3n) is 3.04. The molecule has 1 aromatic rings. The molecule has 0 spiro atoms. The van der Waals surface area contributed by atoms with Gasteiger partial charge in [0.05, 0.1) is 14.2 Å². The van der Waals surface area contributed by atoms with Gasteiger partial charge in [-0.3, -0.25) is 9.59 Å². The minimum Gasteiger partial charge on any atom is -0.493 e. The summed E-state index contributed by atoms with van der Waals surface area (Å²) in [6, 6.07) is 5.26. The summed E-state index contributed by atoms with van der Waals surface area (Å²) in [4.78, 5) is 24.6. The van der Waals surface area contributed by atoms with Crippen molar-refractivity contribution in [1.29, 1.82) is 0 Å². The van der Waals surface area contributed by atoms with Gasteiger partial charge in [-0.1, -0.05) is 6.92 Å². The van der Waals surface area contributed by atoms with E-state index in [2.05, 4.69) is 5.32 Å². The second-order valence-electron chi connectivity index (χ2n) is 4.41. The van der Waals surface area contributed by atoms with Gasteiger partial charge in [-0.15, -0.1) is 0 Å². The van der Waals surface area contributed by atoms with Gasteiger partial charge < -0.3 is 19.7 Å². The zero-order valence-corrected chi connectivity index (χ0v) is 12.9. The number of carbonyl (C=O) groups is 2. The number of nitrogens with one attached hydrogen (secondary N) is 1. The second kappa shape index (κ2) is 8.14. The highest BCUT2D eigenvalue weighted by Crippen LogP contribution is 2.31. The molecule has 0 heterocycles. The lowest BCUT2D eigenvalue weighted by atomic mass is 10.2. The molecule has 0 aliphatic heterocycles. The van der Waals surface area contributed by atoms with Crippen molar-refractivity contribution in [3.8, 4) is 11.5 Å². The van der Waals surface area contributed by atoms with Crippen LogP contribution in [0.25, 0.3) is 0 Å².